The van der Waals surface area contributed by atoms with Crippen LogP contribution in [0.15, 0.2) is 70.9 Å². The Morgan fingerprint density at radius 1 is 0.926 bits per heavy atom. The number of hydrogen-bond acceptors (Lipinski definition) is 1. The topological polar surface area (TPSA) is 12.4 Å². The largest absolute Gasteiger partial charge is 0.257 e. The first-order chi connectivity index (χ1) is 12.9. The summed E-state index contributed by atoms with van der Waals surface area (Å²) in [4.78, 5) is 5.20. The predicted molar refractivity (Wildman–Crippen MR) is 114 cm³/mol. The van der Waals surface area contributed by atoms with Gasteiger partial charge in [-0.3, -0.25) is 4.99 Å². The summed E-state index contributed by atoms with van der Waals surface area (Å²) in [5.74, 6) is 1.03. The first-order valence-electron chi connectivity index (χ1n) is 10.1. The van der Waals surface area contributed by atoms with Gasteiger partial charge in [-0.05, 0) is 51.2 Å². The van der Waals surface area contributed by atoms with Gasteiger partial charge in [-0.25, -0.2) is 0 Å². The molecule has 2 unspecified atom stereocenters. The van der Waals surface area contributed by atoms with Crippen molar-refractivity contribution in [1.29, 1.82) is 0 Å². The van der Waals surface area contributed by atoms with Gasteiger partial charge in [-0.2, -0.15) is 0 Å². The summed E-state index contributed by atoms with van der Waals surface area (Å²) in [6.45, 7) is 9.12. The average molecular weight is 354 g/mol. The molecule has 5 rings (SSSR count). The molecule has 1 aliphatic heterocycles. The first kappa shape index (κ1) is 16.7. The van der Waals surface area contributed by atoms with Gasteiger partial charge in [-0.1, -0.05) is 82.3 Å². The molecule has 2 aromatic rings. The molecular formula is C26H27N. The molecule has 0 bridgehead atoms. The van der Waals surface area contributed by atoms with E-state index in [1.54, 1.807) is 0 Å². The quantitative estimate of drug-likeness (QED) is 0.544. The zero-order valence-corrected chi connectivity index (χ0v) is 16.7. The molecule has 1 nitrogen and oxygen atoms in total. The monoisotopic (exact) mass is 353 g/mol. The van der Waals surface area contributed by atoms with Crippen LogP contribution in [0.2, 0.25) is 0 Å². The van der Waals surface area contributed by atoms with Gasteiger partial charge in [0.05, 0.1) is 0 Å². The highest BCUT2D eigenvalue weighted by atomic mass is 14.8. The van der Waals surface area contributed by atoms with Crippen molar-refractivity contribution in [2.45, 2.75) is 51.9 Å². The van der Waals surface area contributed by atoms with Gasteiger partial charge in [0, 0.05) is 23.7 Å². The van der Waals surface area contributed by atoms with E-state index in [1.807, 2.05) is 0 Å². The number of benzene rings is 2. The summed E-state index contributed by atoms with van der Waals surface area (Å²) in [5.41, 5.74) is 11.3. The minimum absolute atomic E-state index is 0.186. The van der Waals surface area contributed by atoms with Gasteiger partial charge in [-0.15, -0.1) is 0 Å². The Kier molecular flexibility index (Phi) is 3.59. The lowest BCUT2D eigenvalue weighted by molar-refractivity contribution is 0.590. The van der Waals surface area contributed by atoms with Crippen molar-refractivity contribution in [1.82, 2.24) is 0 Å². The third kappa shape index (κ3) is 2.64. The Morgan fingerprint density at radius 2 is 1.67 bits per heavy atom. The molecule has 0 aromatic heterocycles. The first-order valence-corrected chi connectivity index (χ1v) is 10.1. The van der Waals surface area contributed by atoms with Crippen LogP contribution in [0.25, 0.3) is 5.57 Å². The maximum atomic E-state index is 5.20. The van der Waals surface area contributed by atoms with Crippen LogP contribution in [-0.2, 0) is 5.41 Å². The Morgan fingerprint density at radius 3 is 2.41 bits per heavy atom. The third-order valence-electron chi connectivity index (χ3n) is 6.29. The number of fused-ring (bicyclic) bond motifs is 3. The molecule has 3 aliphatic rings. The Labute approximate surface area is 162 Å². The molecule has 2 aliphatic carbocycles. The van der Waals surface area contributed by atoms with Gasteiger partial charge in [0.25, 0.3) is 0 Å². The second-order valence-electron chi connectivity index (χ2n) is 9.35. The Balaban J connectivity index is 1.60. The van der Waals surface area contributed by atoms with Crippen molar-refractivity contribution >= 4 is 11.3 Å². The van der Waals surface area contributed by atoms with Crippen molar-refractivity contribution in [2.75, 3.05) is 0 Å². The van der Waals surface area contributed by atoms with Gasteiger partial charge >= 0.3 is 0 Å². The second-order valence-corrected chi connectivity index (χ2v) is 9.35. The normalized spacial score (nSPS) is 23.6. The number of nitrogens with zero attached hydrogens (tertiary/aromatic N) is 1. The summed E-state index contributed by atoms with van der Waals surface area (Å²) in [7, 11) is 0. The van der Waals surface area contributed by atoms with Crippen LogP contribution in [-0.4, -0.2) is 5.71 Å². The van der Waals surface area contributed by atoms with Crippen molar-refractivity contribution in [2.24, 2.45) is 10.9 Å². The summed E-state index contributed by atoms with van der Waals surface area (Å²) in [5, 5.41) is 0. The summed E-state index contributed by atoms with van der Waals surface area (Å²) >= 11 is 0. The minimum Gasteiger partial charge on any atom is -0.257 e. The lowest BCUT2D eigenvalue weighted by Crippen LogP contribution is -2.17. The van der Waals surface area contributed by atoms with Crippen LogP contribution in [0.4, 0.5) is 0 Å². The fraction of sp³-hybridized carbons (Fsp3) is 0.346. The number of aliphatic imine (C=N–C) groups is 1. The lowest BCUT2D eigenvalue weighted by atomic mass is 9.80. The third-order valence-corrected chi connectivity index (χ3v) is 6.29. The lowest BCUT2D eigenvalue weighted by Gasteiger charge is -2.28. The van der Waals surface area contributed by atoms with Crippen LogP contribution < -0.4 is 0 Å². The molecule has 2 atom stereocenters. The smallest absolute Gasteiger partial charge is 0.0488 e. The Hall–Kier alpha value is -2.41. The molecular weight excluding hydrogens is 326 g/mol. The molecule has 0 N–H and O–H groups in total. The molecule has 2 aromatic carbocycles. The maximum Gasteiger partial charge on any atom is 0.0488 e. The zero-order chi connectivity index (χ0) is 18.8. The van der Waals surface area contributed by atoms with Crippen LogP contribution in [0.3, 0.4) is 0 Å². The average Bonchev–Trinajstić information content (AvgIpc) is 2.96. The van der Waals surface area contributed by atoms with E-state index in [0.717, 1.165) is 12.8 Å². The molecule has 0 spiro atoms. The van der Waals surface area contributed by atoms with Crippen molar-refractivity contribution in [3.63, 3.8) is 0 Å². The highest BCUT2D eigenvalue weighted by molar-refractivity contribution is 6.05. The summed E-state index contributed by atoms with van der Waals surface area (Å²) in [6, 6.07) is 18.1. The van der Waals surface area contributed by atoms with E-state index in [1.165, 1.54) is 44.8 Å². The molecule has 1 heterocycles. The minimum atomic E-state index is 0.186. The molecule has 0 radical (unpaired) electrons. The van der Waals surface area contributed by atoms with Crippen LogP contribution >= 0.6 is 0 Å². The van der Waals surface area contributed by atoms with E-state index in [4.69, 9.17) is 4.99 Å². The second kappa shape index (κ2) is 5.79. The molecule has 1 heteroatoms. The van der Waals surface area contributed by atoms with Gasteiger partial charge in [0.1, 0.15) is 0 Å². The number of rotatable bonds is 1. The van der Waals surface area contributed by atoms with Crippen molar-refractivity contribution < 1.29 is 0 Å². The number of allylic oxidation sites excluding steroid dienone is 4. The van der Waals surface area contributed by atoms with Crippen LogP contribution in [0, 0.1) is 5.92 Å². The molecule has 136 valence electrons. The molecule has 27 heavy (non-hydrogen) atoms. The standard InChI is InChI=1S/C26H27N/c1-16-13-21-19-7-5-6-8-20(19)22-15-23(27-24(14-16)25(21)22)17-9-11-18(12-10-17)26(2,3)4/h5-13,16,22H,14-15H2,1-4H3. The predicted octanol–water partition coefficient (Wildman–Crippen LogP) is 6.65. The fourth-order valence-electron chi connectivity index (χ4n) is 4.89. The van der Waals surface area contributed by atoms with E-state index in [0.29, 0.717) is 11.8 Å². The van der Waals surface area contributed by atoms with Gasteiger partial charge in [0.15, 0.2) is 0 Å². The van der Waals surface area contributed by atoms with E-state index in [2.05, 4.69) is 82.3 Å². The van der Waals surface area contributed by atoms with E-state index in [9.17, 15) is 0 Å². The van der Waals surface area contributed by atoms with E-state index < -0.39 is 0 Å². The van der Waals surface area contributed by atoms with Crippen molar-refractivity contribution in [3.05, 3.63) is 88.1 Å². The highest BCUT2D eigenvalue weighted by Crippen LogP contribution is 2.54. The summed E-state index contributed by atoms with van der Waals surface area (Å²) in [6.07, 6.45) is 4.54. The van der Waals surface area contributed by atoms with Crippen LogP contribution in [0.1, 0.15) is 68.7 Å². The van der Waals surface area contributed by atoms with E-state index in [-0.39, 0.29) is 5.41 Å². The van der Waals surface area contributed by atoms with Gasteiger partial charge < -0.3 is 0 Å². The number of hydrogen-bond donors (Lipinski definition) is 0. The SMILES string of the molecule is CC1C=C2C3=C(C1)N=C(c1ccc(C(C)(C)C)cc1)CC3c1ccccc12. The highest BCUT2D eigenvalue weighted by Gasteiger charge is 2.39. The molecule has 0 saturated heterocycles. The molecule has 0 saturated carbocycles. The Bertz CT molecular complexity index is 1010. The summed E-state index contributed by atoms with van der Waals surface area (Å²) < 4.78 is 0. The fourth-order valence-corrected chi connectivity index (χ4v) is 4.89. The zero-order valence-electron chi connectivity index (χ0n) is 16.7. The molecule has 0 amide bonds. The van der Waals surface area contributed by atoms with Gasteiger partial charge in [0.2, 0.25) is 0 Å². The molecule has 0 fully saturated rings. The van der Waals surface area contributed by atoms with Crippen molar-refractivity contribution in [3.8, 4) is 0 Å². The van der Waals surface area contributed by atoms with E-state index >= 15 is 0 Å². The maximum absolute atomic E-state index is 5.20. The van der Waals surface area contributed by atoms with Crippen LogP contribution in [0.5, 0.6) is 0 Å².